The Morgan fingerprint density at radius 2 is 0.889 bits per heavy atom. The lowest BCUT2D eigenvalue weighted by Gasteiger charge is -2.02. The van der Waals surface area contributed by atoms with Gasteiger partial charge in [0.1, 0.15) is 0 Å². The molecule has 0 atom stereocenters. The van der Waals surface area contributed by atoms with Gasteiger partial charge in [-0.15, -0.1) is 12.3 Å². The first kappa shape index (κ1) is 17.9. The van der Waals surface area contributed by atoms with Crippen LogP contribution in [0.15, 0.2) is 0 Å². The van der Waals surface area contributed by atoms with Crippen molar-refractivity contribution in [2.45, 2.75) is 89.9 Å². The fraction of sp³-hybridized carbons (Fsp3) is 0.882. The van der Waals surface area contributed by atoms with Gasteiger partial charge < -0.3 is 0 Å². The standard InChI is InChI=1S/C17H32S/c1-2-3-4-5-6-7-8-9-10-11-12-13-14-15-16-17-18/h1,18H,3-17H2. The highest BCUT2D eigenvalue weighted by Gasteiger charge is 1.93. The minimum atomic E-state index is 0.965. The van der Waals surface area contributed by atoms with Gasteiger partial charge in [-0.05, 0) is 18.6 Å². The number of terminal acetylenes is 1. The van der Waals surface area contributed by atoms with Crippen LogP contribution in [-0.4, -0.2) is 5.75 Å². The Morgan fingerprint density at radius 3 is 1.22 bits per heavy atom. The van der Waals surface area contributed by atoms with Gasteiger partial charge in [0, 0.05) is 6.42 Å². The fourth-order valence-electron chi connectivity index (χ4n) is 2.28. The van der Waals surface area contributed by atoms with Crippen molar-refractivity contribution in [2.24, 2.45) is 0 Å². The summed E-state index contributed by atoms with van der Waals surface area (Å²) in [6.07, 6.45) is 24.2. The maximum atomic E-state index is 5.22. The zero-order valence-corrected chi connectivity index (χ0v) is 13.0. The van der Waals surface area contributed by atoms with Crippen molar-refractivity contribution < 1.29 is 0 Å². The molecular formula is C17H32S. The first-order valence-corrected chi connectivity index (χ1v) is 8.59. The van der Waals surface area contributed by atoms with Gasteiger partial charge in [0.05, 0.1) is 0 Å². The molecule has 0 saturated heterocycles. The SMILES string of the molecule is C#CCCCCCCCCCCCCCCCS. The van der Waals surface area contributed by atoms with Crippen molar-refractivity contribution in [3.63, 3.8) is 0 Å². The lowest BCUT2D eigenvalue weighted by molar-refractivity contribution is 0.541. The van der Waals surface area contributed by atoms with Crippen LogP contribution in [0.25, 0.3) is 0 Å². The minimum absolute atomic E-state index is 0.965. The molecule has 0 heterocycles. The molecule has 0 amide bonds. The van der Waals surface area contributed by atoms with Crippen LogP contribution >= 0.6 is 12.6 Å². The van der Waals surface area contributed by atoms with Crippen LogP contribution in [0.1, 0.15) is 89.9 Å². The molecule has 0 spiro atoms. The molecule has 0 aromatic heterocycles. The predicted molar refractivity (Wildman–Crippen MR) is 87.3 cm³/mol. The second-order valence-electron chi connectivity index (χ2n) is 5.27. The average Bonchev–Trinajstić information content (AvgIpc) is 2.39. The van der Waals surface area contributed by atoms with E-state index in [0.717, 1.165) is 12.2 Å². The van der Waals surface area contributed by atoms with E-state index in [1.807, 2.05) is 0 Å². The quantitative estimate of drug-likeness (QED) is 0.222. The number of unbranched alkanes of at least 4 members (excludes halogenated alkanes) is 13. The van der Waals surface area contributed by atoms with Crippen LogP contribution in [0.3, 0.4) is 0 Å². The van der Waals surface area contributed by atoms with Crippen LogP contribution < -0.4 is 0 Å². The van der Waals surface area contributed by atoms with Crippen molar-refractivity contribution in [3.05, 3.63) is 0 Å². The van der Waals surface area contributed by atoms with E-state index in [2.05, 4.69) is 18.5 Å². The first-order valence-electron chi connectivity index (χ1n) is 7.96. The lowest BCUT2D eigenvalue weighted by atomic mass is 10.0. The van der Waals surface area contributed by atoms with Gasteiger partial charge in [0.15, 0.2) is 0 Å². The van der Waals surface area contributed by atoms with E-state index >= 15 is 0 Å². The van der Waals surface area contributed by atoms with Gasteiger partial charge in [-0.2, -0.15) is 12.6 Å². The fourth-order valence-corrected chi connectivity index (χ4v) is 2.51. The van der Waals surface area contributed by atoms with Gasteiger partial charge in [0.2, 0.25) is 0 Å². The summed E-state index contributed by atoms with van der Waals surface area (Å²) in [6.45, 7) is 0. The highest BCUT2D eigenvalue weighted by Crippen LogP contribution is 2.12. The van der Waals surface area contributed by atoms with Crippen molar-refractivity contribution in [3.8, 4) is 12.3 Å². The van der Waals surface area contributed by atoms with Gasteiger partial charge >= 0.3 is 0 Å². The molecule has 106 valence electrons. The molecule has 0 aliphatic rings. The summed E-state index contributed by atoms with van der Waals surface area (Å²) in [5.41, 5.74) is 0. The zero-order chi connectivity index (χ0) is 13.3. The maximum absolute atomic E-state index is 5.22. The van der Waals surface area contributed by atoms with E-state index < -0.39 is 0 Å². The summed E-state index contributed by atoms with van der Waals surface area (Å²) >= 11 is 4.23. The molecule has 0 aromatic rings. The smallest absolute Gasteiger partial charge is 0.00860 e. The summed E-state index contributed by atoms with van der Waals surface area (Å²) in [7, 11) is 0. The molecule has 0 aliphatic carbocycles. The Bertz CT molecular complexity index is 181. The normalized spacial score (nSPS) is 10.4. The number of thiol groups is 1. The third kappa shape index (κ3) is 15.9. The van der Waals surface area contributed by atoms with Gasteiger partial charge in [-0.3, -0.25) is 0 Å². The monoisotopic (exact) mass is 268 g/mol. The van der Waals surface area contributed by atoms with E-state index in [4.69, 9.17) is 6.42 Å². The molecule has 1 heteroatoms. The van der Waals surface area contributed by atoms with E-state index in [-0.39, 0.29) is 0 Å². The molecule has 0 aromatic carbocycles. The van der Waals surface area contributed by atoms with E-state index in [1.54, 1.807) is 0 Å². The number of rotatable bonds is 14. The molecule has 0 aliphatic heterocycles. The molecule has 0 unspecified atom stereocenters. The van der Waals surface area contributed by atoms with Crippen LogP contribution in [0.4, 0.5) is 0 Å². The Labute approximate surface area is 121 Å². The highest BCUT2D eigenvalue weighted by atomic mass is 32.1. The summed E-state index contributed by atoms with van der Waals surface area (Å²) in [4.78, 5) is 0. The third-order valence-corrected chi connectivity index (χ3v) is 3.80. The first-order chi connectivity index (χ1) is 8.91. The van der Waals surface area contributed by atoms with Gasteiger partial charge in [-0.25, -0.2) is 0 Å². The Kier molecular flexibility index (Phi) is 16.8. The van der Waals surface area contributed by atoms with Gasteiger partial charge in [0.25, 0.3) is 0 Å². The van der Waals surface area contributed by atoms with E-state index in [0.29, 0.717) is 0 Å². The maximum Gasteiger partial charge on any atom is 0.00860 e. The Balaban J connectivity index is 2.89. The minimum Gasteiger partial charge on any atom is -0.179 e. The van der Waals surface area contributed by atoms with E-state index in [1.165, 1.54) is 83.5 Å². The summed E-state index contributed by atoms with van der Waals surface area (Å²) in [5, 5.41) is 0. The van der Waals surface area contributed by atoms with Crippen LogP contribution in [0, 0.1) is 12.3 Å². The zero-order valence-electron chi connectivity index (χ0n) is 12.1. The molecule has 0 fully saturated rings. The molecule has 0 bridgehead atoms. The van der Waals surface area contributed by atoms with E-state index in [9.17, 15) is 0 Å². The van der Waals surface area contributed by atoms with Crippen LogP contribution in [-0.2, 0) is 0 Å². The third-order valence-electron chi connectivity index (χ3n) is 3.48. The Hall–Kier alpha value is -0.0900. The molecule has 0 N–H and O–H groups in total. The molecule has 0 rings (SSSR count). The summed E-state index contributed by atoms with van der Waals surface area (Å²) in [5.74, 6) is 3.76. The number of hydrogen-bond acceptors (Lipinski definition) is 1. The van der Waals surface area contributed by atoms with Crippen LogP contribution in [0.2, 0.25) is 0 Å². The molecule has 18 heavy (non-hydrogen) atoms. The molecule has 0 saturated carbocycles. The highest BCUT2D eigenvalue weighted by molar-refractivity contribution is 7.80. The second kappa shape index (κ2) is 16.9. The van der Waals surface area contributed by atoms with Gasteiger partial charge in [-0.1, -0.05) is 70.6 Å². The summed E-state index contributed by atoms with van der Waals surface area (Å²) < 4.78 is 0. The predicted octanol–water partition coefficient (Wildman–Crippen LogP) is 6.01. The summed E-state index contributed by atoms with van der Waals surface area (Å²) in [6, 6.07) is 0. The largest absolute Gasteiger partial charge is 0.179 e. The van der Waals surface area contributed by atoms with Crippen molar-refractivity contribution in [1.82, 2.24) is 0 Å². The van der Waals surface area contributed by atoms with Crippen molar-refractivity contribution in [2.75, 3.05) is 5.75 Å². The lowest BCUT2D eigenvalue weighted by Crippen LogP contribution is -1.83. The van der Waals surface area contributed by atoms with Crippen molar-refractivity contribution in [1.29, 1.82) is 0 Å². The topological polar surface area (TPSA) is 0 Å². The average molecular weight is 269 g/mol. The van der Waals surface area contributed by atoms with Crippen LogP contribution in [0.5, 0.6) is 0 Å². The molecule has 0 radical (unpaired) electrons. The molecular weight excluding hydrogens is 236 g/mol. The second-order valence-corrected chi connectivity index (χ2v) is 5.72. The van der Waals surface area contributed by atoms with Crippen molar-refractivity contribution >= 4 is 12.6 Å². The molecule has 0 nitrogen and oxygen atoms in total. The Morgan fingerprint density at radius 1 is 0.556 bits per heavy atom. The number of hydrogen-bond donors (Lipinski definition) is 1.